The Labute approximate surface area is 168 Å². The maximum absolute atomic E-state index is 11.9. The van der Waals surface area contributed by atoms with E-state index in [9.17, 15) is 24.0 Å². The number of nitrogens with two attached hydrogens (primary N) is 1. The van der Waals surface area contributed by atoms with Gasteiger partial charge in [-0.2, -0.15) is 0 Å². The first kappa shape index (κ1) is 25.5. The molecule has 0 fully saturated rings. The molecule has 0 aliphatic rings. The molecule has 0 aliphatic carbocycles. The number of carbonyl (C=O) groups is 5. The van der Waals surface area contributed by atoms with Crippen molar-refractivity contribution >= 4 is 30.1 Å². The van der Waals surface area contributed by atoms with Gasteiger partial charge in [0.2, 0.25) is 17.7 Å². The molecule has 4 amide bonds. The smallest absolute Gasteiger partial charge is 0.407 e. The van der Waals surface area contributed by atoms with Gasteiger partial charge in [0.25, 0.3) is 0 Å². The van der Waals surface area contributed by atoms with Crippen LogP contribution in [0.2, 0.25) is 0 Å². The second kappa shape index (κ2) is 14.6. The number of benzene rings is 1. The minimum Gasteiger partial charge on any atom is -0.445 e. The predicted octanol–water partition coefficient (Wildman–Crippen LogP) is -1.41. The first-order valence-corrected chi connectivity index (χ1v) is 8.54. The standard InChI is InChI=1S/C17H22N4O6.CH4O/c1-11(16(25)21-13(9-22)7-14(18)23)20-15(24)8-19-17(26)27-10-12-5-3-2-4-6-12;1-2/h2-6,9,11,13H,7-8,10H2,1H3,(H2,18,23)(H,19,26)(H,20,24)(H,21,25);2H,1H3/t11?,13-;/m0./s1. The summed E-state index contributed by atoms with van der Waals surface area (Å²) in [6, 6.07) is 6.94. The van der Waals surface area contributed by atoms with Crippen molar-refractivity contribution in [1.82, 2.24) is 16.0 Å². The molecule has 1 unspecified atom stereocenters. The second-order valence-electron chi connectivity index (χ2n) is 5.63. The number of aliphatic hydroxyl groups is 1. The van der Waals surface area contributed by atoms with Gasteiger partial charge < -0.3 is 36.3 Å². The Morgan fingerprint density at radius 2 is 1.76 bits per heavy atom. The summed E-state index contributed by atoms with van der Waals surface area (Å²) in [6.07, 6.45) is -0.750. The lowest BCUT2D eigenvalue weighted by molar-refractivity contribution is -0.130. The van der Waals surface area contributed by atoms with Crippen LogP contribution in [0.5, 0.6) is 0 Å². The van der Waals surface area contributed by atoms with Crippen molar-refractivity contribution in [3.05, 3.63) is 35.9 Å². The zero-order valence-electron chi connectivity index (χ0n) is 16.2. The zero-order chi connectivity index (χ0) is 22.2. The van der Waals surface area contributed by atoms with Crippen molar-refractivity contribution in [2.24, 2.45) is 5.73 Å². The van der Waals surface area contributed by atoms with E-state index in [1.54, 1.807) is 24.3 Å². The van der Waals surface area contributed by atoms with E-state index in [0.717, 1.165) is 12.7 Å². The van der Waals surface area contributed by atoms with Gasteiger partial charge in [0.15, 0.2) is 0 Å². The fourth-order valence-electron chi connectivity index (χ4n) is 1.94. The Kier molecular flexibility index (Phi) is 12.8. The monoisotopic (exact) mass is 410 g/mol. The highest BCUT2D eigenvalue weighted by Gasteiger charge is 2.20. The maximum Gasteiger partial charge on any atom is 0.407 e. The molecule has 0 heterocycles. The molecule has 6 N–H and O–H groups in total. The normalized spacial score (nSPS) is 11.6. The maximum atomic E-state index is 11.9. The molecule has 0 bridgehead atoms. The minimum atomic E-state index is -1.07. The summed E-state index contributed by atoms with van der Waals surface area (Å²) in [5.74, 6) is -2.05. The van der Waals surface area contributed by atoms with Crippen molar-refractivity contribution in [1.29, 1.82) is 0 Å². The summed E-state index contributed by atoms with van der Waals surface area (Å²) in [5.41, 5.74) is 5.75. The highest BCUT2D eigenvalue weighted by Crippen LogP contribution is 2.00. The van der Waals surface area contributed by atoms with E-state index < -0.39 is 42.4 Å². The van der Waals surface area contributed by atoms with Crippen molar-refractivity contribution in [3.8, 4) is 0 Å². The van der Waals surface area contributed by atoms with Crippen molar-refractivity contribution < 1.29 is 33.8 Å². The van der Waals surface area contributed by atoms with Crippen LogP contribution in [0, 0.1) is 0 Å². The average molecular weight is 410 g/mol. The largest absolute Gasteiger partial charge is 0.445 e. The Balaban J connectivity index is 0.00000379. The van der Waals surface area contributed by atoms with E-state index in [4.69, 9.17) is 15.6 Å². The van der Waals surface area contributed by atoms with E-state index in [1.165, 1.54) is 6.92 Å². The van der Waals surface area contributed by atoms with Crippen molar-refractivity contribution in [3.63, 3.8) is 0 Å². The van der Waals surface area contributed by atoms with Crippen LogP contribution >= 0.6 is 0 Å². The lowest BCUT2D eigenvalue weighted by atomic mass is 10.2. The van der Waals surface area contributed by atoms with Crippen LogP contribution in [-0.4, -0.2) is 60.9 Å². The van der Waals surface area contributed by atoms with E-state index >= 15 is 0 Å². The van der Waals surface area contributed by atoms with Gasteiger partial charge in [-0.15, -0.1) is 0 Å². The molecule has 0 saturated heterocycles. The molecule has 1 rings (SSSR count). The fraction of sp³-hybridized carbons (Fsp3) is 0.389. The molecule has 1 aromatic rings. The number of aldehydes is 1. The number of carbonyl (C=O) groups excluding carboxylic acids is 5. The fourth-order valence-corrected chi connectivity index (χ4v) is 1.94. The van der Waals surface area contributed by atoms with Crippen LogP contribution in [0.25, 0.3) is 0 Å². The summed E-state index contributed by atoms with van der Waals surface area (Å²) in [7, 11) is 1.00. The van der Waals surface area contributed by atoms with Gasteiger partial charge in [0.05, 0.1) is 12.5 Å². The van der Waals surface area contributed by atoms with Crippen LogP contribution in [0.3, 0.4) is 0 Å². The zero-order valence-corrected chi connectivity index (χ0v) is 16.2. The number of aliphatic hydroxyl groups excluding tert-OH is 1. The molecule has 29 heavy (non-hydrogen) atoms. The van der Waals surface area contributed by atoms with Gasteiger partial charge in [-0.05, 0) is 12.5 Å². The molecular weight excluding hydrogens is 384 g/mol. The number of rotatable bonds is 10. The second-order valence-corrected chi connectivity index (χ2v) is 5.63. The highest BCUT2D eigenvalue weighted by atomic mass is 16.5. The van der Waals surface area contributed by atoms with Gasteiger partial charge in [-0.3, -0.25) is 14.4 Å². The van der Waals surface area contributed by atoms with Crippen LogP contribution < -0.4 is 21.7 Å². The summed E-state index contributed by atoms with van der Waals surface area (Å²) in [6.45, 7) is 1.04. The molecular formula is C18H26N4O7. The third-order valence-electron chi connectivity index (χ3n) is 3.29. The van der Waals surface area contributed by atoms with Gasteiger partial charge in [-0.25, -0.2) is 4.79 Å². The van der Waals surface area contributed by atoms with Crippen LogP contribution in [-0.2, 0) is 30.5 Å². The van der Waals surface area contributed by atoms with Crippen LogP contribution in [0.4, 0.5) is 4.79 Å². The molecule has 0 aromatic heterocycles. The molecule has 0 saturated carbocycles. The van der Waals surface area contributed by atoms with E-state index in [1.807, 2.05) is 6.07 Å². The summed E-state index contributed by atoms with van der Waals surface area (Å²) < 4.78 is 4.94. The number of primary amides is 1. The van der Waals surface area contributed by atoms with Crippen molar-refractivity contribution in [2.75, 3.05) is 13.7 Å². The van der Waals surface area contributed by atoms with Crippen LogP contribution in [0.15, 0.2) is 30.3 Å². The number of hydrogen-bond acceptors (Lipinski definition) is 7. The Bertz CT molecular complexity index is 682. The number of alkyl carbamates (subject to hydrolysis) is 1. The molecule has 11 nitrogen and oxygen atoms in total. The average Bonchev–Trinajstić information content (AvgIpc) is 2.71. The molecule has 160 valence electrons. The molecule has 0 spiro atoms. The predicted molar refractivity (Wildman–Crippen MR) is 102 cm³/mol. The van der Waals surface area contributed by atoms with Gasteiger partial charge in [0.1, 0.15) is 25.5 Å². The number of hydrogen-bond donors (Lipinski definition) is 5. The quantitative estimate of drug-likeness (QED) is 0.294. The van der Waals surface area contributed by atoms with Gasteiger partial charge in [-0.1, -0.05) is 30.3 Å². The number of nitrogens with one attached hydrogen (secondary N) is 3. The number of amides is 4. The Hall–Kier alpha value is -3.47. The summed E-state index contributed by atoms with van der Waals surface area (Å²) in [4.78, 5) is 56.8. The molecule has 0 aliphatic heterocycles. The molecule has 11 heteroatoms. The van der Waals surface area contributed by atoms with Crippen molar-refractivity contribution in [2.45, 2.75) is 32.0 Å². The topological polar surface area (TPSA) is 177 Å². The van der Waals surface area contributed by atoms with E-state index in [-0.39, 0.29) is 13.0 Å². The summed E-state index contributed by atoms with van der Waals surface area (Å²) >= 11 is 0. The minimum absolute atomic E-state index is 0.0556. The first-order valence-electron chi connectivity index (χ1n) is 8.54. The van der Waals surface area contributed by atoms with E-state index in [0.29, 0.717) is 6.29 Å². The number of ether oxygens (including phenoxy) is 1. The SMILES string of the molecule is CC(NC(=O)CNC(=O)OCc1ccccc1)C(=O)N[C@H](C=O)CC(N)=O.CO. The summed E-state index contributed by atoms with van der Waals surface area (Å²) in [5, 5.41) is 13.9. The highest BCUT2D eigenvalue weighted by molar-refractivity contribution is 5.91. The Morgan fingerprint density at radius 3 is 2.31 bits per heavy atom. The third-order valence-corrected chi connectivity index (χ3v) is 3.29. The van der Waals surface area contributed by atoms with E-state index in [2.05, 4.69) is 16.0 Å². The molecule has 2 atom stereocenters. The lowest BCUT2D eigenvalue weighted by Crippen LogP contribution is -2.51. The lowest BCUT2D eigenvalue weighted by Gasteiger charge is -2.17. The molecule has 1 aromatic carbocycles. The van der Waals surface area contributed by atoms with Gasteiger partial charge >= 0.3 is 6.09 Å². The van der Waals surface area contributed by atoms with Gasteiger partial charge in [0, 0.05) is 7.11 Å². The Morgan fingerprint density at radius 1 is 1.14 bits per heavy atom. The molecule has 0 radical (unpaired) electrons. The third kappa shape index (κ3) is 11.8. The first-order chi connectivity index (χ1) is 13.8. The van der Waals surface area contributed by atoms with Crippen LogP contribution in [0.1, 0.15) is 18.9 Å².